The first-order valence-corrected chi connectivity index (χ1v) is 8.34. The summed E-state index contributed by atoms with van der Waals surface area (Å²) < 4.78 is 5.19. The number of nitrogens with one attached hydrogen (secondary N) is 1. The van der Waals surface area contributed by atoms with E-state index in [-0.39, 0.29) is 17.7 Å². The van der Waals surface area contributed by atoms with Crippen LogP contribution in [-0.2, 0) is 10.5 Å². The van der Waals surface area contributed by atoms with Gasteiger partial charge in [-0.15, -0.1) is 11.8 Å². The van der Waals surface area contributed by atoms with Crippen LogP contribution >= 0.6 is 11.8 Å². The van der Waals surface area contributed by atoms with Crippen molar-refractivity contribution in [3.63, 3.8) is 0 Å². The van der Waals surface area contributed by atoms with Gasteiger partial charge < -0.3 is 9.84 Å². The van der Waals surface area contributed by atoms with E-state index in [9.17, 15) is 9.59 Å². The molecule has 2 aromatic rings. The molecule has 7 nitrogen and oxygen atoms in total. The van der Waals surface area contributed by atoms with Crippen LogP contribution in [0.3, 0.4) is 0 Å². The van der Waals surface area contributed by atoms with E-state index in [4.69, 9.17) is 4.52 Å². The normalized spacial score (nSPS) is 14.1. The lowest BCUT2D eigenvalue weighted by Gasteiger charge is -2.10. The maximum absolute atomic E-state index is 11.9. The maximum atomic E-state index is 11.9. The maximum Gasteiger partial charge on any atom is 0.324 e. The molecular formula is C15H16N4O3S. The smallest absolute Gasteiger partial charge is 0.324 e. The third-order valence-corrected chi connectivity index (χ3v) is 4.29. The standard InChI is InChI=1S/C15H16N4O3S/c1-10-2-4-11(5-3-10)14-17-12(22-18-14)8-23-9-13(20)19-7-6-16-15(19)21/h2-5H,6-9H2,1H3,(H,16,21). The number of benzene rings is 1. The van der Waals surface area contributed by atoms with Crippen molar-refractivity contribution < 1.29 is 14.1 Å². The van der Waals surface area contributed by atoms with E-state index < -0.39 is 0 Å². The zero-order chi connectivity index (χ0) is 16.2. The van der Waals surface area contributed by atoms with Crippen LogP contribution < -0.4 is 5.32 Å². The van der Waals surface area contributed by atoms with Crippen LogP contribution in [0.15, 0.2) is 28.8 Å². The quantitative estimate of drug-likeness (QED) is 0.898. The van der Waals surface area contributed by atoms with Gasteiger partial charge in [-0.25, -0.2) is 4.79 Å². The number of hydrogen-bond donors (Lipinski definition) is 1. The van der Waals surface area contributed by atoms with Gasteiger partial charge >= 0.3 is 6.03 Å². The summed E-state index contributed by atoms with van der Waals surface area (Å²) in [6, 6.07) is 7.52. The van der Waals surface area contributed by atoms with Crippen LogP contribution in [0.5, 0.6) is 0 Å². The predicted molar refractivity (Wildman–Crippen MR) is 85.7 cm³/mol. The molecule has 1 saturated heterocycles. The molecule has 23 heavy (non-hydrogen) atoms. The lowest BCUT2D eigenvalue weighted by atomic mass is 10.1. The molecule has 1 aliphatic heterocycles. The number of carbonyl (C=O) groups excluding carboxylic acids is 2. The minimum atomic E-state index is -0.324. The fourth-order valence-corrected chi connectivity index (χ4v) is 2.87. The summed E-state index contributed by atoms with van der Waals surface area (Å²) >= 11 is 1.35. The van der Waals surface area contributed by atoms with Crippen LogP contribution in [0.1, 0.15) is 11.5 Å². The van der Waals surface area contributed by atoms with Gasteiger partial charge in [-0.3, -0.25) is 9.69 Å². The number of aromatic nitrogens is 2. The second-order valence-corrected chi connectivity index (χ2v) is 6.13. The zero-order valence-electron chi connectivity index (χ0n) is 12.6. The number of rotatable bonds is 5. The van der Waals surface area contributed by atoms with Crippen LogP contribution in [0, 0.1) is 6.92 Å². The highest BCUT2D eigenvalue weighted by molar-refractivity contribution is 7.99. The topological polar surface area (TPSA) is 88.3 Å². The van der Waals surface area contributed by atoms with E-state index in [1.807, 2.05) is 31.2 Å². The fourth-order valence-electron chi connectivity index (χ4n) is 2.15. The molecule has 8 heteroatoms. The van der Waals surface area contributed by atoms with Crippen LogP contribution in [0.2, 0.25) is 0 Å². The van der Waals surface area contributed by atoms with Crippen molar-refractivity contribution in [2.24, 2.45) is 0 Å². The summed E-state index contributed by atoms with van der Waals surface area (Å²) in [5.41, 5.74) is 2.05. The van der Waals surface area contributed by atoms with E-state index >= 15 is 0 Å². The highest BCUT2D eigenvalue weighted by Crippen LogP contribution is 2.19. The first-order valence-electron chi connectivity index (χ1n) is 7.19. The number of amides is 3. The number of thioether (sulfide) groups is 1. The van der Waals surface area contributed by atoms with Gasteiger partial charge in [0.05, 0.1) is 11.5 Å². The third kappa shape index (κ3) is 3.70. The predicted octanol–water partition coefficient (Wildman–Crippen LogP) is 1.83. The van der Waals surface area contributed by atoms with Gasteiger partial charge in [0.15, 0.2) is 0 Å². The summed E-state index contributed by atoms with van der Waals surface area (Å²) in [7, 11) is 0. The number of imide groups is 1. The van der Waals surface area contributed by atoms with Gasteiger partial charge in [0.25, 0.3) is 0 Å². The zero-order valence-corrected chi connectivity index (χ0v) is 13.4. The molecule has 0 saturated carbocycles. The minimum Gasteiger partial charge on any atom is -0.338 e. The molecule has 1 fully saturated rings. The van der Waals surface area contributed by atoms with Gasteiger partial charge in [0.1, 0.15) is 0 Å². The molecule has 1 N–H and O–H groups in total. The van der Waals surface area contributed by atoms with E-state index in [1.54, 1.807) is 0 Å². The number of aryl methyl sites for hydroxylation is 1. The molecule has 3 amide bonds. The summed E-state index contributed by atoms with van der Waals surface area (Å²) in [5.74, 6) is 1.42. The van der Waals surface area contributed by atoms with Crippen molar-refractivity contribution in [2.75, 3.05) is 18.8 Å². The van der Waals surface area contributed by atoms with Gasteiger partial charge in [0, 0.05) is 18.7 Å². The largest absolute Gasteiger partial charge is 0.338 e. The van der Waals surface area contributed by atoms with E-state index in [2.05, 4.69) is 15.5 Å². The summed E-state index contributed by atoms with van der Waals surface area (Å²) in [6.45, 7) is 2.95. The van der Waals surface area contributed by atoms with Crippen molar-refractivity contribution in [3.05, 3.63) is 35.7 Å². The molecule has 0 aliphatic carbocycles. The molecule has 0 bridgehead atoms. The second kappa shape index (κ2) is 6.82. The van der Waals surface area contributed by atoms with Crippen LogP contribution in [-0.4, -0.2) is 45.8 Å². The number of nitrogens with zero attached hydrogens (tertiary/aromatic N) is 3. The molecule has 0 unspecified atom stereocenters. The molecule has 0 atom stereocenters. The number of carbonyl (C=O) groups is 2. The van der Waals surface area contributed by atoms with Crippen molar-refractivity contribution in [1.29, 1.82) is 0 Å². The second-order valence-electron chi connectivity index (χ2n) is 5.15. The molecular weight excluding hydrogens is 316 g/mol. The lowest BCUT2D eigenvalue weighted by molar-refractivity contribution is -0.124. The first-order chi connectivity index (χ1) is 11.1. The van der Waals surface area contributed by atoms with Crippen molar-refractivity contribution in [1.82, 2.24) is 20.4 Å². The minimum absolute atomic E-state index is 0.204. The van der Waals surface area contributed by atoms with Gasteiger partial charge in [-0.1, -0.05) is 35.0 Å². The molecule has 1 aromatic carbocycles. The van der Waals surface area contributed by atoms with Crippen LogP contribution in [0.4, 0.5) is 4.79 Å². The molecule has 0 radical (unpaired) electrons. The SMILES string of the molecule is Cc1ccc(-c2noc(CSCC(=O)N3CCNC3=O)n2)cc1. The highest BCUT2D eigenvalue weighted by Gasteiger charge is 2.25. The third-order valence-electron chi connectivity index (χ3n) is 3.39. The van der Waals surface area contributed by atoms with Gasteiger partial charge in [0.2, 0.25) is 17.6 Å². The molecule has 120 valence electrons. The Labute approximate surface area is 137 Å². The number of urea groups is 1. The molecule has 1 aromatic heterocycles. The van der Waals surface area contributed by atoms with Crippen LogP contribution in [0.25, 0.3) is 11.4 Å². The highest BCUT2D eigenvalue weighted by atomic mass is 32.2. The summed E-state index contributed by atoms with van der Waals surface area (Å²) in [5, 5.41) is 6.54. The van der Waals surface area contributed by atoms with E-state index in [0.717, 1.165) is 11.1 Å². The Morgan fingerprint density at radius 1 is 1.39 bits per heavy atom. The summed E-state index contributed by atoms with van der Waals surface area (Å²) in [4.78, 5) is 28.8. The van der Waals surface area contributed by atoms with E-state index in [0.29, 0.717) is 30.6 Å². The molecule has 1 aliphatic rings. The van der Waals surface area contributed by atoms with Crippen molar-refractivity contribution in [3.8, 4) is 11.4 Å². The molecule has 0 spiro atoms. The number of hydrogen-bond acceptors (Lipinski definition) is 6. The monoisotopic (exact) mass is 332 g/mol. The average molecular weight is 332 g/mol. The molecule has 2 heterocycles. The van der Waals surface area contributed by atoms with Gasteiger partial charge in [-0.2, -0.15) is 4.98 Å². The first kappa shape index (κ1) is 15.5. The Balaban J connectivity index is 1.52. The summed E-state index contributed by atoms with van der Waals surface area (Å²) in [6.07, 6.45) is 0. The lowest BCUT2D eigenvalue weighted by Crippen LogP contribution is -2.35. The molecule has 3 rings (SSSR count). The average Bonchev–Trinajstić information content (AvgIpc) is 3.17. The Morgan fingerprint density at radius 2 is 2.17 bits per heavy atom. The Kier molecular flexibility index (Phi) is 4.61. The Morgan fingerprint density at radius 3 is 2.87 bits per heavy atom. The Hall–Kier alpha value is -2.35. The van der Waals surface area contributed by atoms with E-state index in [1.165, 1.54) is 16.7 Å². The van der Waals surface area contributed by atoms with Crippen molar-refractivity contribution in [2.45, 2.75) is 12.7 Å². The van der Waals surface area contributed by atoms with Crippen molar-refractivity contribution >= 4 is 23.7 Å². The fraction of sp³-hybridized carbons (Fsp3) is 0.333. The Bertz CT molecular complexity index is 714. The van der Waals surface area contributed by atoms with Gasteiger partial charge in [-0.05, 0) is 6.92 Å².